The fraction of sp³-hybridized carbons (Fsp3) is 0.318. The summed E-state index contributed by atoms with van der Waals surface area (Å²) in [5, 5.41) is 14.2. The van der Waals surface area contributed by atoms with Gasteiger partial charge in [0.1, 0.15) is 23.3 Å². The molecule has 2 aliphatic rings. The van der Waals surface area contributed by atoms with Gasteiger partial charge in [-0.2, -0.15) is 0 Å². The lowest BCUT2D eigenvalue weighted by molar-refractivity contribution is 0.175. The molecule has 0 radical (unpaired) electrons. The number of aliphatic hydroxyl groups is 1. The van der Waals surface area contributed by atoms with Gasteiger partial charge in [0.15, 0.2) is 17.4 Å². The molecule has 0 amide bonds. The molecule has 0 spiro atoms. The summed E-state index contributed by atoms with van der Waals surface area (Å²) in [4.78, 5) is 10.9. The van der Waals surface area contributed by atoms with Crippen LogP contribution in [0.1, 0.15) is 28.7 Å². The number of fused-ring (bicyclic) bond motifs is 3. The van der Waals surface area contributed by atoms with Gasteiger partial charge < -0.3 is 18.8 Å². The molecule has 0 bridgehead atoms. The van der Waals surface area contributed by atoms with Gasteiger partial charge in [0.05, 0.1) is 18.6 Å². The summed E-state index contributed by atoms with van der Waals surface area (Å²) in [5.74, 6) is 1.46. The number of rotatable bonds is 4. The fourth-order valence-electron chi connectivity index (χ4n) is 4.50. The lowest BCUT2D eigenvalue weighted by atomic mass is 9.99. The molecule has 31 heavy (non-hydrogen) atoms. The van der Waals surface area contributed by atoms with E-state index in [1.807, 2.05) is 12.1 Å². The standard InChI is InChI=1S/C22H19ClN4O4/c23-13-7-12-8-18(21-15-10-27(4-5-28)3-1-16(15)26-31-21)30-20(12)14(9-13)19-22-17(2-6-29-22)24-11-25-19/h2,6-7,9,11,18,28H,1,3-5,8,10H2. The maximum atomic E-state index is 9.30. The molecule has 1 unspecified atom stereocenters. The third-order valence-corrected chi connectivity index (χ3v) is 6.17. The van der Waals surface area contributed by atoms with Crippen molar-refractivity contribution >= 4 is 22.7 Å². The normalized spacial score (nSPS) is 18.2. The predicted molar refractivity (Wildman–Crippen MR) is 112 cm³/mol. The van der Waals surface area contributed by atoms with Crippen molar-refractivity contribution in [2.75, 3.05) is 19.7 Å². The maximum Gasteiger partial charge on any atom is 0.182 e. The molecule has 1 N–H and O–H groups in total. The van der Waals surface area contributed by atoms with E-state index < -0.39 is 0 Å². The first-order valence-corrected chi connectivity index (χ1v) is 10.6. The van der Waals surface area contributed by atoms with E-state index in [0.717, 1.165) is 52.4 Å². The van der Waals surface area contributed by atoms with Gasteiger partial charge >= 0.3 is 0 Å². The van der Waals surface area contributed by atoms with Crippen molar-refractivity contribution in [1.82, 2.24) is 20.0 Å². The summed E-state index contributed by atoms with van der Waals surface area (Å²) in [5.41, 5.74) is 5.73. The van der Waals surface area contributed by atoms with E-state index in [9.17, 15) is 5.11 Å². The van der Waals surface area contributed by atoms with Gasteiger partial charge in [0, 0.05) is 60.3 Å². The molecule has 8 nitrogen and oxygen atoms in total. The SMILES string of the molecule is OCCN1CCc2noc(C3Cc4cc(Cl)cc(-c5ncnc6ccoc56)c4O3)c2C1. The molecular formula is C22H19ClN4O4. The molecule has 1 atom stereocenters. The Morgan fingerprint density at radius 2 is 2.19 bits per heavy atom. The van der Waals surface area contributed by atoms with E-state index in [0.29, 0.717) is 35.8 Å². The van der Waals surface area contributed by atoms with Crippen LogP contribution in [0.5, 0.6) is 5.75 Å². The Bertz CT molecular complexity index is 1280. The number of β-amino-alcohol motifs (C(OH)–C–C–N with tert-alkyl or cyclic N) is 1. The maximum absolute atomic E-state index is 9.30. The number of aromatic nitrogens is 3. The Labute approximate surface area is 182 Å². The van der Waals surface area contributed by atoms with Crippen LogP contribution in [0.4, 0.5) is 0 Å². The van der Waals surface area contributed by atoms with Crippen LogP contribution in [0.2, 0.25) is 5.02 Å². The number of furan rings is 1. The summed E-state index contributed by atoms with van der Waals surface area (Å²) in [6.45, 7) is 2.31. The highest BCUT2D eigenvalue weighted by Gasteiger charge is 2.35. The van der Waals surface area contributed by atoms with Gasteiger partial charge in [-0.3, -0.25) is 4.90 Å². The van der Waals surface area contributed by atoms with E-state index in [1.165, 1.54) is 6.33 Å². The molecule has 3 aromatic heterocycles. The second-order valence-corrected chi connectivity index (χ2v) is 8.27. The van der Waals surface area contributed by atoms with E-state index in [-0.39, 0.29) is 12.7 Å². The molecule has 0 aliphatic carbocycles. The minimum absolute atomic E-state index is 0.128. The van der Waals surface area contributed by atoms with Crippen LogP contribution in [0.15, 0.2) is 39.7 Å². The predicted octanol–water partition coefficient (Wildman–Crippen LogP) is 3.56. The van der Waals surface area contributed by atoms with Crippen molar-refractivity contribution in [2.45, 2.75) is 25.5 Å². The smallest absolute Gasteiger partial charge is 0.182 e. The summed E-state index contributed by atoms with van der Waals surface area (Å²) < 4.78 is 17.8. The summed E-state index contributed by atoms with van der Waals surface area (Å²) in [7, 11) is 0. The Balaban J connectivity index is 1.39. The Morgan fingerprint density at radius 3 is 3.10 bits per heavy atom. The molecule has 1 aromatic carbocycles. The lowest BCUT2D eigenvalue weighted by Crippen LogP contribution is -2.33. The van der Waals surface area contributed by atoms with Crippen molar-refractivity contribution in [3.05, 3.63) is 58.4 Å². The van der Waals surface area contributed by atoms with E-state index in [1.54, 1.807) is 12.3 Å². The van der Waals surface area contributed by atoms with Gasteiger partial charge in [-0.05, 0) is 12.1 Å². The molecule has 9 heteroatoms. The van der Waals surface area contributed by atoms with Gasteiger partial charge in [0.2, 0.25) is 0 Å². The number of halogens is 1. The van der Waals surface area contributed by atoms with Crippen LogP contribution < -0.4 is 4.74 Å². The van der Waals surface area contributed by atoms with Crippen LogP contribution in [-0.4, -0.2) is 44.8 Å². The molecule has 0 fully saturated rings. The quantitative estimate of drug-likeness (QED) is 0.516. The van der Waals surface area contributed by atoms with Gasteiger partial charge in [-0.1, -0.05) is 16.8 Å². The second-order valence-electron chi connectivity index (χ2n) is 7.83. The molecule has 2 aliphatic heterocycles. The minimum Gasteiger partial charge on any atom is -0.481 e. The first-order valence-electron chi connectivity index (χ1n) is 10.2. The van der Waals surface area contributed by atoms with Gasteiger partial charge in [-0.25, -0.2) is 9.97 Å². The Kier molecular flexibility index (Phi) is 4.45. The first-order chi connectivity index (χ1) is 15.2. The highest BCUT2D eigenvalue weighted by atomic mass is 35.5. The molecule has 158 valence electrons. The zero-order valence-electron chi connectivity index (χ0n) is 16.5. The summed E-state index contributed by atoms with van der Waals surface area (Å²) >= 11 is 6.45. The third-order valence-electron chi connectivity index (χ3n) is 5.95. The number of aliphatic hydroxyl groups excluding tert-OH is 1. The number of ether oxygens (including phenoxy) is 1. The highest BCUT2D eigenvalue weighted by molar-refractivity contribution is 6.31. The lowest BCUT2D eigenvalue weighted by Gasteiger charge is -2.25. The molecule has 5 heterocycles. The molecular weight excluding hydrogens is 420 g/mol. The molecule has 0 saturated heterocycles. The molecule has 0 saturated carbocycles. The van der Waals surface area contributed by atoms with Gasteiger partial charge in [-0.15, -0.1) is 0 Å². The van der Waals surface area contributed by atoms with E-state index >= 15 is 0 Å². The van der Waals surface area contributed by atoms with E-state index in [4.69, 9.17) is 25.3 Å². The molecule has 6 rings (SSSR count). The third kappa shape index (κ3) is 3.10. The highest BCUT2D eigenvalue weighted by Crippen LogP contribution is 2.46. The average molecular weight is 439 g/mol. The topological polar surface area (TPSA) is 97.7 Å². The van der Waals surface area contributed by atoms with Crippen molar-refractivity contribution in [3.63, 3.8) is 0 Å². The zero-order valence-corrected chi connectivity index (χ0v) is 17.3. The summed E-state index contributed by atoms with van der Waals surface area (Å²) in [6.07, 6.45) is 4.22. The van der Waals surface area contributed by atoms with E-state index in [2.05, 4.69) is 20.0 Å². The minimum atomic E-state index is -0.300. The number of hydrogen-bond acceptors (Lipinski definition) is 8. The van der Waals surface area contributed by atoms with Crippen LogP contribution >= 0.6 is 11.6 Å². The zero-order chi connectivity index (χ0) is 20.9. The van der Waals surface area contributed by atoms with Gasteiger partial charge in [0.25, 0.3) is 0 Å². The second kappa shape index (κ2) is 7.33. The Hall–Kier alpha value is -2.94. The largest absolute Gasteiger partial charge is 0.481 e. The van der Waals surface area contributed by atoms with Crippen molar-refractivity contribution in [1.29, 1.82) is 0 Å². The van der Waals surface area contributed by atoms with Crippen LogP contribution in [0, 0.1) is 0 Å². The fourth-order valence-corrected chi connectivity index (χ4v) is 4.74. The van der Waals surface area contributed by atoms with Crippen LogP contribution in [-0.2, 0) is 19.4 Å². The number of hydrogen-bond donors (Lipinski definition) is 1. The van der Waals surface area contributed by atoms with Crippen molar-refractivity contribution < 1.29 is 18.8 Å². The number of nitrogens with zero attached hydrogens (tertiary/aromatic N) is 4. The molecule has 4 aromatic rings. The average Bonchev–Trinajstić information content (AvgIpc) is 3.50. The Morgan fingerprint density at radius 1 is 1.26 bits per heavy atom. The number of benzene rings is 1. The van der Waals surface area contributed by atoms with Crippen LogP contribution in [0.3, 0.4) is 0 Å². The van der Waals surface area contributed by atoms with Crippen LogP contribution in [0.25, 0.3) is 22.4 Å². The van der Waals surface area contributed by atoms with Crippen molar-refractivity contribution in [3.8, 4) is 17.0 Å². The van der Waals surface area contributed by atoms with Crippen molar-refractivity contribution in [2.24, 2.45) is 0 Å². The summed E-state index contributed by atoms with van der Waals surface area (Å²) in [6, 6.07) is 5.56. The monoisotopic (exact) mass is 438 g/mol. The first kappa shape index (κ1) is 18.8.